The second-order valence-electron chi connectivity index (χ2n) is 4.51. The Hall–Kier alpha value is -1.83. The van der Waals surface area contributed by atoms with Crippen LogP contribution in [0.4, 0.5) is 13.2 Å². The second-order valence-corrected chi connectivity index (χ2v) is 6.10. The van der Waals surface area contributed by atoms with Crippen LogP contribution in [0.5, 0.6) is 5.75 Å². The van der Waals surface area contributed by atoms with E-state index >= 15 is 0 Å². The Kier molecular flexibility index (Phi) is 5.37. The van der Waals surface area contributed by atoms with E-state index < -0.39 is 25.2 Å². The summed E-state index contributed by atoms with van der Waals surface area (Å²) in [5.41, 5.74) is -2.64. The zero-order valence-electron chi connectivity index (χ0n) is 12.8. The van der Waals surface area contributed by atoms with Crippen molar-refractivity contribution in [2.24, 2.45) is 0 Å². The average Bonchev–Trinajstić information content (AvgIpc) is 2.45. The predicted molar refractivity (Wildman–Crippen MR) is 79.0 cm³/mol. The SMILES string of the molecule is CCOP(=O)(OCC)Oc1ccc2c(C(F)(F)F)cc(=O)oc2c1. The van der Waals surface area contributed by atoms with Crippen LogP contribution in [0.2, 0.25) is 0 Å². The summed E-state index contributed by atoms with van der Waals surface area (Å²) in [6, 6.07) is 3.60. The molecular formula is C14H14F3O6P. The van der Waals surface area contributed by atoms with Crippen molar-refractivity contribution in [1.82, 2.24) is 0 Å². The first kappa shape index (κ1) is 18.5. The fourth-order valence-corrected chi connectivity index (χ4v) is 3.15. The third-order valence-corrected chi connectivity index (χ3v) is 4.40. The molecule has 0 aliphatic carbocycles. The molecule has 1 heterocycles. The third kappa shape index (κ3) is 4.17. The van der Waals surface area contributed by atoms with Crippen LogP contribution in [0.15, 0.2) is 33.5 Å². The molecule has 2 rings (SSSR count). The number of phosphoric acid groups is 1. The van der Waals surface area contributed by atoms with Crippen molar-refractivity contribution in [3.63, 3.8) is 0 Å². The summed E-state index contributed by atoms with van der Waals surface area (Å²) in [5, 5.41) is -0.322. The van der Waals surface area contributed by atoms with E-state index in [4.69, 9.17) is 18.0 Å². The monoisotopic (exact) mass is 366 g/mol. The van der Waals surface area contributed by atoms with Gasteiger partial charge in [-0.2, -0.15) is 13.2 Å². The predicted octanol–water partition coefficient (Wildman–Crippen LogP) is 4.37. The lowest BCUT2D eigenvalue weighted by atomic mass is 10.1. The smallest absolute Gasteiger partial charge is 0.423 e. The number of benzene rings is 1. The van der Waals surface area contributed by atoms with Crippen LogP contribution >= 0.6 is 7.82 Å². The van der Waals surface area contributed by atoms with Crippen molar-refractivity contribution in [3.05, 3.63) is 40.2 Å². The molecule has 24 heavy (non-hydrogen) atoms. The number of hydrogen-bond acceptors (Lipinski definition) is 6. The molecule has 1 aromatic carbocycles. The van der Waals surface area contributed by atoms with Gasteiger partial charge in [-0.3, -0.25) is 9.05 Å². The number of hydrogen-bond donors (Lipinski definition) is 0. The van der Waals surface area contributed by atoms with Gasteiger partial charge in [0.25, 0.3) is 0 Å². The molecule has 6 nitrogen and oxygen atoms in total. The molecule has 0 N–H and O–H groups in total. The molecule has 0 spiro atoms. The van der Waals surface area contributed by atoms with Gasteiger partial charge >= 0.3 is 19.6 Å². The molecule has 0 fully saturated rings. The van der Waals surface area contributed by atoms with Gasteiger partial charge in [-0.05, 0) is 26.0 Å². The summed E-state index contributed by atoms with van der Waals surface area (Å²) in [4.78, 5) is 11.3. The fourth-order valence-electron chi connectivity index (χ4n) is 1.97. The van der Waals surface area contributed by atoms with Crippen molar-refractivity contribution in [2.45, 2.75) is 20.0 Å². The van der Waals surface area contributed by atoms with Crippen LogP contribution in [0.1, 0.15) is 19.4 Å². The molecule has 0 aliphatic heterocycles. The van der Waals surface area contributed by atoms with E-state index in [-0.39, 0.29) is 29.9 Å². The van der Waals surface area contributed by atoms with Gasteiger partial charge in [-0.15, -0.1) is 0 Å². The topological polar surface area (TPSA) is 75.0 Å². The maximum atomic E-state index is 13.0. The molecule has 0 saturated carbocycles. The minimum absolute atomic E-state index is 0.0398. The Bertz CT molecular complexity index is 819. The number of alkyl halides is 3. The molecule has 0 aliphatic rings. The molecule has 0 radical (unpaired) electrons. The summed E-state index contributed by atoms with van der Waals surface area (Å²) < 4.78 is 70.9. The van der Waals surface area contributed by atoms with Crippen LogP contribution in [0, 0.1) is 0 Å². The zero-order valence-corrected chi connectivity index (χ0v) is 13.6. The molecule has 0 saturated heterocycles. The van der Waals surface area contributed by atoms with Gasteiger partial charge in [-0.1, -0.05) is 0 Å². The fraction of sp³-hybridized carbons (Fsp3) is 0.357. The van der Waals surface area contributed by atoms with E-state index in [0.29, 0.717) is 6.07 Å². The Labute approximate surface area is 134 Å². The minimum Gasteiger partial charge on any atom is -0.423 e. The first-order valence-corrected chi connectivity index (χ1v) is 8.38. The molecule has 0 bridgehead atoms. The first-order chi connectivity index (χ1) is 11.2. The molecule has 0 unspecified atom stereocenters. The maximum Gasteiger partial charge on any atom is 0.530 e. The standard InChI is InChI=1S/C14H14F3O6P/c1-3-20-24(19,21-4-2)23-9-5-6-10-11(14(15,16)17)8-13(18)22-12(10)7-9/h5-8H,3-4H2,1-2H3. The molecule has 132 valence electrons. The summed E-state index contributed by atoms with van der Waals surface area (Å²) in [6.45, 7) is 3.23. The van der Waals surface area contributed by atoms with Gasteiger partial charge in [0.1, 0.15) is 11.3 Å². The van der Waals surface area contributed by atoms with E-state index in [1.54, 1.807) is 13.8 Å². The summed E-state index contributed by atoms with van der Waals surface area (Å²) in [6.07, 6.45) is -4.72. The lowest BCUT2D eigenvalue weighted by Crippen LogP contribution is -2.11. The molecule has 2 aromatic rings. The minimum atomic E-state index is -4.72. The van der Waals surface area contributed by atoms with Gasteiger partial charge in [0.05, 0.1) is 18.8 Å². The van der Waals surface area contributed by atoms with Gasteiger partial charge < -0.3 is 8.94 Å². The van der Waals surface area contributed by atoms with Crippen molar-refractivity contribution in [2.75, 3.05) is 13.2 Å². The quantitative estimate of drug-likeness (QED) is 0.558. The molecule has 10 heteroatoms. The largest absolute Gasteiger partial charge is 0.530 e. The third-order valence-electron chi connectivity index (χ3n) is 2.81. The molecular weight excluding hydrogens is 352 g/mol. The summed E-state index contributed by atoms with van der Waals surface area (Å²) in [7, 11) is -3.92. The van der Waals surface area contributed by atoms with Crippen molar-refractivity contribution in [3.8, 4) is 5.75 Å². The summed E-state index contributed by atoms with van der Waals surface area (Å²) in [5.74, 6) is -0.116. The van der Waals surface area contributed by atoms with E-state index in [0.717, 1.165) is 18.2 Å². The van der Waals surface area contributed by atoms with Gasteiger partial charge in [-0.25, -0.2) is 9.36 Å². The van der Waals surface area contributed by atoms with Crippen LogP contribution in [0.3, 0.4) is 0 Å². The van der Waals surface area contributed by atoms with Crippen LogP contribution in [0.25, 0.3) is 11.0 Å². The normalized spacial score (nSPS) is 12.5. The zero-order chi connectivity index (χ0) is 18.0. The first-order valence-electron chi connectivity index (χ1n) is 6.92. The maximum absolute atomic E-state index is 13.0. The van der Waals surface area contributed by atoms with Crippen LogP contribution in [-0.2, 0) is 19.8 Å². The van der Waals surface area contributed by atoms with Crippen molar-refractivity contribution >= 4 is 18.8 Å². The highest BCUT2D eigenvalue weighted by atomic mass is 31.2. The average molecular weight is 366 g/mol. The van der Waals surface area contributed by atoms with Crippen molar-refractivity contribution < 1.29 is 35.7 Å². The van der Waals surface area contributed by atoms with Crippen LogP contribution in [-0.4, -0.2) is 13.2 Å². The Morgan fingerprint density at radius 3 is 2.29 bits per heavy atom. The number of rotatable bonds is 6. The Morgan fingerprint density at radius 1 is 1.12 bits per heavy atom. The number of phosphoric ester groups is 1. The van der Waals surface area contributed by atoms with E-state index in [1.807, 2.05) is 0 Å². The summed E-state index contributed by atoms with van der Waals surface area (Å²) >= 11 is 0. The van der Waals surface area contributed by atoms with Gasteiger partial charge in [0, 0.05) is 17.5 Å². The van der Waals surface area contributed by atoms with Crippen molar-refractivity contribution in [1.29, 1.82) is 0 Å². The highest BCUT2D eigenvalue weighted by Crippen LogP contribution is 2.49. The van der Waals surface area contributed by atoms with E-state index in [1.165, 1.54) is 0 Å². The number of halogens is 3. The highest BCUT2D eigenvalue weighted by Gasteiger charge is 2.34. The molecule has 1 aromatic heterocycles. The lowest BCUT2D eigenvalue weighted by molar-refractivity contribution is -0.136. The highest BCUT2D eigenvalue weighted by molar-refractivity contribution is 7.48. The van der Waals surface area contributed by atoms with E-state index in [9.17, 15) is 22.5 Å². The lowest BCUT2D eigenvalue weighted by Gasteiger charge is -2.17. The Morgan fingerprint density at radius 2 is 1.75 bits per heavy atom. The van der Waals surface area contributed by atoms with Crippen LogP contribution < -0.4 is 10.1 Å². The Balaban J connectivity index is 2.49. The van der Waals surface area contributed by atoms with Gasteiger partial charge in [0.2, 0.25) is 0 Å². The van der Waals surface area contributed by atoms with Gasteiger partial charge in [0.15, 0.2) is 0 Å². The number of fused-ring (bicyclic) bond motifs is 1. The molecule has 0 atom stereocenters. The van der Waals surface area contributed by atoms with E-state index in [2.05, 4.69) is 0 Å². The molecule has 0 amide bonds. The second kappa shape index (κ2) is 6.96.